The lowest BCUT2D eigenvalue weighted by Gasteiger charge is -2.24. The Bertz CT molecular complexity index is 714. The third kappa shape index (κ3) is 5.12. The summed E-state index contributed by atoms with van der Waals surface area (Å²) in [6, 6.07) is 10.5. The number of ether oxygens (including phenoxy) is 1. The molecule has 1 aromatic heterocycles. The molecule has 1 heterocycles. The van der Waals surface area contributed by atoms with E-state index in [1.165, 1.54) is 4.90 Å². The van der Waals surface area contributed by atoms with Crippen LogP contribution in [0, 0.1) is 0 Å². The van der Waals surface area contributed by atoms with Gasteiger partial charge in [0.05, 0.1) is 17.6 Å². The monoisotopic (exact) mass is 326 g/mol. The van der Waals surface area contributed by atoms with E-state index in [9.17, 15) is 9.90 Å². The Morgan fingerprint density at radius 1 is 1.12 bits per heavy atom. The van der Waals surface area contributed by atoms with Crippen LogP contribution in [-0.4, -0.2) is 28.8 Å². The van der Waals surface area contributed by atoms with Crippen molar-refractivity contribution in [3.63, 3.8) is 0 Å². The Labute approximate surface area is 142 Å². The molecular formula is C19H22N2O3. The summed E-state index contributed by atoms with van der Waals surface area (Å²) in [6.07, 6.45) is 4.97. The van der Waals surface area contributed by atoms with E-state index in [0.29, 0.717) is 5.69 Å². The molecule has 5 heteroatoms. The van der Waals surface area contributed by atoms with Gasteiger partial charge < -0.3 is 9.84 Å². The van der Waals surface area contributed by atoms with Crippen molar-refractivity contribution in [3.8, 4) is 5.75 Å². The fourth-order valence-electron chi connectivity index (χ4n) is 1.90. The molecule has 0 aliphatic rings. The van der Waals surface area contributed by atoms with Gasteiger partial charge in [-0.05, 0) is 56.7 Å². The van der Waals surface area contributed by atoms with E-state index in [1.54, 1.807) is 25.4 Å². The van der Waals surface area contributed by atoms with Gasteiger partial charge in [-0.15, -0.1) is 0 Å². The first-order valence-electron chi connectivity index (χ1n) is 7.64. The van der Waals surface area contributed by atoms with E-state index in [-0.39, 0.29) is 5.75 Å². The van der Waals surface area contributed by atoms with Gasteiger partial charge >= 0.3 is 6.09 Å². The highest BCUT2D eigenvalue weighted by molar-refractivity contribution is 5.87. The molecule has 1 aromatic carbocycles. The minimum absolute atomic E-state index is 0.236. The number of pyridine rings is 1. The average molecular weight is 326 g/mol. The van der Waals surface area contributed by atoms with Gasteiger partial charge in [-0.1, -0.05) is 18.2 Å². The summed E-state index contributed by atoms with van der Waals surface area (Å²) in [5, 5.41) is 9.26. The van der Waals surface area contributed by atoms with Crippen molar-refractivity contribution in [2.75, 3.05) is 11.9 Å². The number of hydrogen-bond acceptors (Lipinski definition) is 4. The van der Waals surface area contributed by atoms with E-state index in [4.69, 9.17) is 4.74 Å². The number of phenols is 1. The van der Waals surface area contributed by atoms with E-state index in [0.717, 1.165) is 11.3 Å². The highest BCUT2D eigenvalue weighted by atomic mass is 16.6. The fraction of sp³-hybridized carbons (Fsp3) is 0.263. The predicted molar refractivity (Wildman–Crippen MR) is 95.9 cm³/mol. The fourth-order valence-corrected chi connectivity index (χ4v) is 1.90. The summed E-state index contributed by atoms with van der Waals surface area (Å²) in [4.78, 5) is 17.8. The Morgan fingerprint density at radius 2 is 1.79 bits per heavy atom. The van der Waals surface area contributed by atoms with E-state index >= 15 is 0 Å². The van der Waals surface area contributed by atoms with Crippen molar-refractivity contribution in [1.82, 2.24) is 4.98 Å². The lowest BCUT2D eigenvalue weighted by molar-refractivity contribution is 0.0589. The maximum Gasteiger partial charge on any atom is 0.414 e. The molecule has 2 rings (SSSR count). The van der Waals surface area contributed by atoms with Crippen molar-refractivity contribution >= 4 is 23.9 Å². The summed E-state index contributed by atoms with van der Waals surface area (Å²) in [5.74, 6) is 0.236. The average Bonchev–Trinajstić information content (AvgIpc) is 2.52. The number of benzene rings is 1. The van der Waals surface area contributed by atoms with Gasteiger partial charge in [0.25, 0.3) is 0 Å². The molecule has 0 aliphatic carbocycles. The van der Waals surface area contributed by atoms with Crippen LogP contribution in [0.15, 0.2) is 42.6 Å². The van der Waals surface area contributed by atoms with Crippen LogP contribution in [-0.2, 0) is 4.74 Å². The van der Waals surface area contributed by atoms with Gasteiger partial charge in [-0.25, -0.2) is 4.79 Å². The standard InChI is InChI=1S/C19H22N2O3/c1-19(2,3)24-18(23)21(4)16-10-9-15(20-13-16)8-5-14-6-11-17(22)12-7-14/h5-13,22H,1-4H3/b8-5+. The maximum atomic E-state index is 12.0. The van der Waals surface area contributed by atoms with Crippen LogP contribution in [0.4, 0.5) is 10.5 Å². The van der Waals surface area contributed by atoms with Crippen LogP contribution >= 0.6 is 0 Å². The largest absolute Gasteiger partial charge is 0.508 e. The number of hydrogen-bond donors (Lipinski definition) is 1. The topological polar surface area (TPSA) is 62.7 Å². The Balaban J connectivity index is 2.04. The molecule has 0 spiro atoms. The van der Waals surface area contributed by atoms with Gasteiger partial charge in [0.15, 0.2) is 0 Å². The Hall–Kier alpha value is -2.82. The number of rotatable bonds is 3. The van der Waals surface area contributed by atoms with E-state index in [2.05, 4.69) is 4.98 Å². The molecule has 0 unspecified atom stereocenters. The predicted octanol–water partition coefficient (Wildman–Crippen LogP) is 4.33. The summed E-state index contributed by atoms with van der Waals surface area (Å²) < 4.78 is 5.32. The zero-order valence-corrected chi connectivity index (χ0v) is 14.4. The van der Waals surface area contributed by atoms with Crippen molar-refractivity contribution in [2.24, 2.45) is 0 Å². The zero-order valence-electron chi connectivity index (χ0n) is 14.4. The summed E-state index contributed by atoms with van der Waals surface area (Å²) in [7, 11) is 1.65. The number of phenolic OH excluding ortho intramolecular Hbond substituents is 1. The third-order valence-electron chi connectivity index (χ3n) is 3.17. The first kappa shape index (κ1) is 17.5. The first-order valence-corrected chi connectivity index (χ1v) is 7.64. The third-order valence-corrected chi connectivity index (χ3v) is 3.17. The second-order valence-electron chi connectivity index (χ2n) is 6.41. The lowest BCUT2D eigenvalue weighted by Crippen LogP contribution is -2.34. The maximum absolute atomic E-state index is 12.0. The summed E-state index contributed by atoms with van der Waals surface area (Å²) in [6.45, 7) is 5.48. The molecule has 1 amide bonds. The minimum Gasteiger partial charge on any atom is -0.508 e. The SMILES string of the molecule is CN(C(=O)OC(C)(C)C)c1ccc(/C=C/c2ccc(O)cc2)nc1. The number of aromatic nitrogens is 1. The van der Waals surface area contributed by atoms with Crippen LogP contribution in [0.25, 0.3) is 12.2 Å². The number of carbonyl (C=O) groups is 1. The molecule has 0 fully saturated rings. The quantitative estimate of drug-likeness (QED) is 0.912. The molecule has 0 saturated carbocycles. The second-order valence-corrected chi connectivity index (χ2v) is 6.41. The van der Waals surface area contributed by atoms with Gasteiger partial charge in [-0.2, -0.15) is 0 Å². The van der Waals surface area contributed by atoms with Crippen molar-refractivity contribution in [2.45, 2.75) is 26.4 Å². The Morgan fingerprint density at radius 3 is 2.33 bits per heavy atom. The molecule has 24 heavy (non-hydrogen) atoms. The van der Waals surface area contributed by atoms with E-state index in [1.807, 2.05) is 57.2 Å². The normalized spacial score (nSPS) is 11.5. The molecule has 0 bridgehead atoms. The van der Waals surface area contributed by atoms with Crippen LogP contribution in [0.2, 0.25) is 0 Å². The second kappa shape index (κ2) is 7.17. The van der Waals surface area contributed by atoms with Gasteiger partial charge in [0.2, 0.25) is 0 Å². The molecular weight excluding hydrogens is 304 g/mol. The number of carbonyl (C=O) groups excluding carboxylic acids is 1. The molecule has 0 saturated heterocycles. The molecule has 126 valence electrons. The van der Waals surface area contributed by atoms with E-state index < -0.39 is 11.7 Å². The van der Waals surface area contributed by atoms with Gasteiger partial charge in [-0.3, -0.25) is 9.88 Å². The summed E-state index contributed by atoms with van der Waals surface area (Å²) >= 11 is 0. The van der Waals surface area contributed by atoms with Gasteiger partial charge in [0, 0.05) is 7.05 Å². The number of amides is 1. The Kier molecular flexibility index (Phi) is 5.24. The number of anilines is 1. The molecule has 0 aliphatic heterocycles. The lowest BCUT2D eigenvalue weighted by atomic mass is 10.2. The smallest absolute Gasteiger partial charge is 0.414 e. The molecule has 2 aromatic rings. The van der Waals surface area contributed by atoms with Gasteiger partial charge in [0.1, 0.15) is 11.4 Å². The van der Waals surface area contributed by atoms with Crippen LogP contribution in [0.3, 0.4) is 0 Å². The number of aromatic hydroxyl groups is 1. The number of nitrogens with zero attached hydrogens (tertiary/aromatic N) is 2. The highest BCUT2D eigenvalue weighted by Crippen LogP contribution is 2.17. The molecule has 0 atom stereocenters. The summed E-state index contributed by atoms with van der Waals surface area (Å²) in [5.41, 5.74) is 1.85. The highest BCUT2D eigenvalue weighted by Gasteiger charge is 2.20. The van der Waals surface area contributed by atoms with Crippen molar-refractivity contribution < 1.29 is 14.6 Å². The van der Waals surface area contributed by atoms with Crippen LogP contribution in [0.5, 0.6) is 5.75 Å². The molecule has 5 nitrogen and oxygen atoms in total. The van der Waals surface area contributed by atoms with Crippen LogP contribution in [0.1, 0.15) is 32.0 Å². The first-order chi connectivity index (χ1) is 11.2. The molecule has 0 radical (unpaired) electrons. The molecule has 1 N–H and O–H groups in total. The zero-order chi connectivity index (χ0) is 17.7. The van der Waals surface area contributed by atoms with Crippen LogP contribution < -0.4 is 4.90 Å². The minimum atomic E-state index is -0.536. The van der Waals surface area contributed by atoms with Crippen molar-refractivity contribution in [1.29, 1.82) is 0 Å². The van der Waals surface area contributed by atoms with Crippen molar-refractivity contribution in [3.05, 3.63) is 53.9 Å².